The number of hydrogen-bond acceptors (Lipinski definition) is 3. The van der Waals surface area contributed by atoms with E-state index >= 15 is 0 Å². The Morgan fingerprint density at radius 3 is 2.76 bits per heavy atom. The van der Waals surface area contributed by atoms with E-state index in [0.717, 1.165) is 12.2 Å². The molecule has 2 unspecified atom stereocenters. The summed E-state index contributed by atoms with van der Waals surface area (Å²) in [5.41, 5.74) is 1.38. The van der Waals surface area contributed by atoms with Gasteiger partial charge in [-0.05, 0) is 12.0 Å². The van der Waals surface area contributed by atoms with Crippen molar-refractivity contribution >= 4 is 17.4 Å². The zero-order valence-corrected chi connectivity index (χ0v) is 9.93. The van der Waals surface area contributed by atoms with Crippen molar-refractivity contribution in [3.8, 4) is 0 Å². The van der Waals surface area contributed by atoms with Crippen LogP contribution in [-0.2, 0) is 0 Å². The summed E-state index contributed by atoms with van der Waals surface area (Å²) in [6.07, 6.45) is 2.62. The lowest BCUT2D eigenvalue weighted by molar-refractivity contribution is 1.02. The van der Waals surface area contributed by atoms with Crippen LogP contribution in [0.2, 0.25) is 5.15 Å². The van der Waals surface area contributed by atoms with E-state index in [1.807, 2.05) is 6.07 Å². The third kappa shape index (κ3) is 2.39. The van der Waals surface area contributed by atoms with E-state index in [-0.39, 0.29) is 0 Å². The third-order valence-corrected chi connectivity index (χ3v) is 3.19. The molecule has 1 N–H and O–H groups in total. The molecule has 1 aliphatic carbocycles. The zero-order chi connectivity index (χ0) is 11.7. The van der Waals surface area contributed by atoms with Gasteiger partial charge in [0.1, 0.15) is 17.3 Å². The predicted molar refractivity (Wildman–Crippen MR) is 68.3 cm³/mol. The largest absolute Gasteiger partial charge is 0.367 e. The van der Waals surface area contributed by atoms with E-state index in [0.29, 0.717) is 17.1 Å². The van der Waals surface area contributed by atoms with Gasteiger partial charge in [-0.2, -0.15) is 0 Å². The molecule has 17 heavy (non-hydrogen) atoms. The minimum atomic E-state index is 0.461. The van der Waals surface area contributed by atoms with Crippen LogP contribution in [0, 0.1) is 0 Å². The molecule has 1 saturated carbocycles. The fourth-order valence-electron chi connectivity index (χ4n) is 2.03. The third-order valence-electron chi connectivity index (χ3n) is 2.99. The van der Waals surface area contributed by atoms with Gasteiger partial charge in [-0.15, -0.1) is 0 Å². The lowest BCUT2D eigenvalue weighted by Crippen LogP contribution is -2.05. The first kappa shape index (κ1) is 10.5. The van der Waals surface area contributed by atoms with E-state index in [2.05, 4.69) is 39.6 Å². The average molecular weight is 246 g/mol. The SMILES string of the molecule is Clc1cc(NC2CC2c2ccccc2)ncn1. The van der Waals surface area contributed by atoms with Crippen molar-refractivity contribution in [2.24, 2.45) is 0 Å². The number of nitrogens with zero attached hydrogens (tertiary/aromatic N) is 2. The number of anilines is 1. The summed E-state index contributed by atoms with van der Waals surface area (Å²) in [5, 5.41) is 3.84. The van der Waals surface area contributed by atoms with Crippen LogP contribution in [0.3, 0.4) is 0 Å². The molecule has 0 saturated heterocycles. The minimum absolute atomic E-state index is 0.461. The number of aromatic nitrogens is 2. The van der Waals surface area contributed by atoms with Gasteiger partial charge in [0.05, 0.1) is 0 Å². The van der Waals surface area contributed by atoms with Crippen molar-refractivity contribution in [1.82, 2.24) is 9.97 Å². The average Bonchev–Trinajstić information content (AvgIpc) is 3.10. The van der Waals surface area contributed by atoms with Gasteiger partial charge in [0.25, 0.3) is 0 Å². The summed E-state index contributed by atoms with van der Waals surface area (Å²) in [7, 11) is 0. The Kier molecular flexibility index (Phi) is 2.69. The van der Waals surface area contributed by atoms with Crippen LogP contribution in [0.1, 0.15) is 17.9 Å². The molecule has 4 heteroatoms. The second-order valence-electron chi connectivity index (χ2n) is 4.23. The van der Waals surface area contributed by atoms with Crippen molar-refractivity contribution in [1.29, 1.82) is 0 Å². The molecule has 1 aromatic heterocycles. The molecule has 3 nitrogen and oxygen atoms in total. The lowest BCUT2D eigenvalue weighted by atomic mass is 10.1. The Morgan fingerprint density at radius 2 is 2.00 bits per heavy atom. The molecular formula is C13H12ClN3. The number of halogens is 1. The standard InChI is InChI=1S/C13H12ClN3/c14-12-7-13(16-8-15-12)17-11-6-10(11)9-4-2-1-3-5-9/h1-5,7-8,10-11H,6H2,(H,15,16,17). The topological polar surface area (TPSA) is 37.8 Å². The first-order valence-corrected chi connectivity index (χ1v) is 6.00. The van der Waals surface area contributed by atoms with Gasteiger partial charge >= 0.3 is 0 Å². The summed E-state index contributed by atoms with van der Waals surface area (Å²) in [6, 6.07) is 12.7. The van der Waals surface area contributed by atoms with Gasteiger partial charge in [-0.3, -0.25) is 0 Å². The van der Waals surface area contributed by atoms with Crippen molar-refractivity contribution in [3.63, 3.8) is 0 Å². The highest BCUT2D eigenvalue weighted by molar-refractivity contribution is 6.29. The summed E-state index contributed by atoms with van der Waals surface area (Å²) >= 11 is 5.81. The van der Waals surface area contributed by atoms with E-state index in [4.69, 9.17) is 11.6 Å². The maximum Gasteiger partial charge on any atom is 0.134 e. The maximum atomic E-state index is 5.81. The summed E-state index contributed by atoms with van der Waals surface area (Å²) in [6.45, 7) is 0. The van der Waals surface area contributed by atoms with Crippen molar-refractivity contribution in [3.05, 3.63) is 53.4 Å². The van der Waals surface area contributed by atoms with Gasteiger partial charge in [-0.25, -0.2) is 9.97 Å². The summed E-state index contributed by atoms with van der Waals surface area (Å²) in [5.74, 6) is 1.39. The van der Waals surface area contributed by atoms with E-state index in [9.17, 15) is 0 Å². The normalized spacial score (nSPS) is 22.2. The molecule has 2 atom stereocenters. The Hall–Kier alpha value is -1.61. The Labute approximate surface area is 105 Å². The second-order valence-corrected chi connectivity index (χ2v) is 4.62. The van der Waals surface area contributed by atoms with E-state index in [1.54, 1.807) is 6.07 Å². The Balaban J connectivity index is 1.66. The highest BCUT2D eigenvalue weighted by atomic mass is 35.5. The summed E-state index contributed by atoms with van der Waals surface area (Å²) < 4.78 is 0. The van der Waals surface area contributed by atoms with Crippen LogP contribution >= 0.6 is 11.6 Å². The first-order valence-electron chi connectivity index (χ1n) is 5.62. The molecule has 0 amide bonds. The smallest absolute Gasteiger partial charge is 0.134 e. The highest BCUT2D eigenvalue weighted by Gasteiger charge is 2.38. The molecule has 1 aromatic carbocycles. The van der Waals surface area contributed by atoms with Crippen molar-refractivity contribution in [2.45, 2.75) is 18.4 Å². The zero-order valence-electron chi connectivity index (χ0n) is 9.18. The van der Waals surface area contributed by atoms with Gasteiger partial charge in [-0.1, -0.05) is 41.9 Å². The number of nitrogens with one attached hydrogen (secondary N) is 1. The molecule has 1 heterocycles. The van der Waals surface area contributed by atoms with Gasteiger partial charge in [0.2, 0.25) is 0 Å². The van der Waals surface area contributed by atoms with Crippen LogP contribution in [0.5, 0.6) is 0 Å². The number of rotatable bonds is 3. The molecule has 0 bridgehead atoms. The first-order chi connectivity index (χ1) is 8.33. The molecule has 86 valence electrons. The van der Waals surface area contributed by atoms with Crippen LogP contribution in [0.15, 0.2) is 42.7 Å². The fraction of sp³-hybridized carbons (Fsp3) is 0.231. The van der Waals surface area contributed by atoms with Crippen molar-refractivity contribution < 1.29 is 0 Å². The van der Waals surface area contributed by atoms with E-state index < -0.39 is 0 Å². The van der Waals surface area contributed by atoms with Crippen molar-refractivity contribution in [2.75, 3.05) is 5.32 Å². The summed E-state index contributed by atoms with van der Waals surface area (Å²) in [4.78, 5) is 8.00. The van der Waals surface area contributed by atoms with Crippen LogP contribution in [-0.4, -0.2) is 16.0 Å². The van der Waals surface area contributed by atoms with Crippen LogP contribution in [0.4, 0.5) is 5.82 Å². The monoisotopic (exact) mass is 245 g/mol. The van der Waals surface area contributed by atoms with Crippen LogP contribution < -0.4 is 5.32 Å². The highest BCUT2D eigenvalue weighted by Crippen LogP contribution is 2.42. The Morgan fingerprint density at radius 1 is 1.18 bits per heavy atom. The molecule has 0 radical (unpaired) electrons. The maximum absolute atomic E-state index is 5.81. The van der Waals surface area contributed by atoms with E-state index in [1.165, 1.54) is 11.9 Å². The van der Waals surface area contributed by atoms with Gasteiger partial charge in [0, 0.05) is 18.0 Å². The predicted octanol–water partition coefficient (Wildman–Crippen LogP) is 3.10. The molecule has 1 fully saturated rings. The van der Waals surface area contributed by atoms with Gasteiger partial charge < -0.3 is 5.32 Å². The minimum Gasteiger partial charge on any atom is -0.367 e. The molecule has 3 rings (SSSR count). The van der Waals surface area contributed by atoms with Gasteiger partial charge in [0.15, 0.2) is 0 Å². The van der Waals surface area contributed by atoms with Crippen LogP contribution in [0.25, 0.3) is 0 Å². The molecule has 2 aromatic rings. The lowest BCUT2D eigenvalue weighted by Gasteiger charge is -2.04. The molecule has 0 spiro atoms. The Bertz CT molecular complexity index is 515. The number of hydrogen-bond donors (Lipinski definition) is 1. The molecule has 1 aliphatic rings. The second kappa shape index (κ2) is 4.34. The number of benzene rings is 1. The molecular weight excluding hydrogens is 234 g/mol. The molecule has 0 aliphatic heterocycles. The quantitative estimate of drug-likeness (QED) is 0.845. The fourth-order valence-corrected chi connectivity index (χ4v) is 2.17.